The molecule has 0 radical (unpaired) electrons. The zero-order valence-corrected chi connectivity index (χ0v) is 10.1. The Morgan fingerprint density at radius 1 is 1.20 bits per heavy atom. The van der Waals surface area contributed by atoms with Crippen LogP contribution in [-0.4, -0.2) is 9.91 Å². The van der Waals surface area contributed by atoms with Crippen LogP contribution in [0.3, 0.4) is 0 Å². The van der Waals surface area contributed by atoms with Gasteiger partial charge in [0.15, 0.2) is 5.43 Å². The van der Waals surface area contributed by atoms with E-state index in [1.165, 1.54) is 30.5 Å². The van der Waals surface area contributed by atoms with Crippen LogP contribution in [0, 0.1) is 10.1 Å². The van der Waals surface area contributed by atoms with E-state index in [1.54, 1.807) is 18.3 Å². The summed E-state index contributed by atoms with van der Waals surface area (Å²) in [6.07, 6.45) is 3.12. The van der Waals surface area contributed by atoms with Crippen molar-refractivity contribution in [3.05, 3.63) is 69.1 Å². The lowest BCUT2D eigenvalue weighted by Gasteiger charge is -2.03. The summed E-state index contributed by atoms with van der Waals surface area (Å²) in [6, 6.07) is 8.98. The molecule has 0 aliphatic rings. The molecule has 0 atom stereocenters. The molecule has 1 aromatic carbocycles. The lowest BCUT2D eigenvalue weighted by atomic mass is 10.1. The van der Waals surface area contributed by atoms with E-state index in [-0.39, 0.29) is 27.8 Å². The first-order chi connectivity index (χ1) is 9.66. The second kappa shape index (κ2) is 4.58. The zero-order valence-electron chi connectivity index (χ0n) is 10.1. The molecule has 3 rings (SSSR count). The first-order valence-electron chi connectivity index (χ1n) is 5.78. The van der Waals surface area contributed by atoms with Crippen LogP contribution in [0.15, 0.2) is 58.0 Å². The van der Waals surface area contributed by atoms with Gasteiger partial charge in [0.1, 0.15) is 5.76 Å². The second-order valence-electron chi connectivity index (χ2n) is 4.13. The summed E-state index contributed by atoms with van der Waals surface area (Å²) < 4.78 is 5.54. The minimum atomic E-state index is -0.571. The summed E-state index contributed by atoms with van der Waals surface area (Å²) in [4.78, 5) is 26.4. The van der Waals surface area contributed by atoms with Crippen molar-refractivity contribution >= 4 is 16.7 Å². The predicted octanol–water partition coefficient (Wildman–Crippen LogP) is 2.76. The Kier molecular flexibility index (Phi) is 2.76. The third kappa shape index (κ3) is 1.93. The highest BCUT2D eigenvalue weighted by Gasteiger charge is 2.17. The quantitative estimate of drug-likeness (QED) is 0.527. The number of nitrogens with zero attached hydrogens (tertiary/aromatic N) is 2. The van der Waals surface area contributed by atoms with Gasteiger partial charge in [-0.3, -0.25) is 19.9 Å². The number of hydrogen-bond acceptors (Lipinski definition) is 5. The monoisotopic (exact) mass is 268 g/mol. The number of aromatic nitrogens is 1. The van der Waals surface area contributed by atoms with Crippen molar-refractivity contribution in [2.24, 2.45) is 0 Å². The highest BCUT2D eigenvalue weighted by Crippen LogP contribution is 2.27. The Bertz CT molecular complexity index is 856. The Morgan fingerprint density at radius 3 is 2.75 bits per heavy atom. The van der Waals surface area contributed by atoms with E-state index in [0.29, 0.717) is 5.56 Å². The van der Waals surface area contributed by atoms with Gasteiger partial charge < -0.3 is 4.42 Å². The van der Waals surface area contributed by atoms with E-state index in [4.69, 9.17) is 4.42 Å². The van der Waals surface area contributed by atoms with Crippen molar-refractivity contribution in [1.29, 1.82) is 0 Å². The van der Waals surface area contributed by atoms with Crippen LogP contribution in [0.5, 0.6) is 0 Å². The Balaban J connectivity index is 2.36. The zero-order chi connectivity index (χ0) is 14.1. The maximum absolute atomic E-state index is 12.0. The van der Waals surface area contributed by atoms with Crippen LogP contribution in [0.25, 0.3) is 22.3 Å². The summed E-state index contributed by atoms with van der Waals surface area (Å²) in [6.45, 7) is 0. The fourth-order valence-corrected chi connectivity index (χ4v) is 1.96. The minimum absolute atomic E-state index is 0.0242. The van der Waals surface area contributed by atoms with E-state index in [1.807, 2.05) is 0 Å². The number of nitro benzene ring substituents is 1. The first kappa shape index (κ1) is 12.0. The smallest absolute Gasteiger partial charge is 0.312 e. The largest absolute Gasteiger partial charge is 0.448 e. The average molecular weight is 268 g/mol. The van der Waals surface area contributed by atoms with Crippen LogP contribution >= 0.6 is 0 Å². The van der Waals surface area contributed by atoms with Gasteiger partial charge in [0, 0.05) is 30.1 Å². The van der Waals surface area contributed by atoms with Crippen molar-refractivity contribution < 1.29 is 9.34 Å². The van der Waals surface area contributed by atoms with Crippen molar-refractivity contribution in [2.45, 2.75) is 0 Å². The van der Waals surface area contributed by atoms with Crippen LogP contribution in [0.2, 0.25) is 0 Å². The third-order valence-electron chi connectivity index (χ3n) is 2.88. The highest BCUT2D eigenvalue weighted by molar-refractivity contribution is 5.86. The van der Waals surface area contributed by atoms with Crippen molar-refractivity contribution in [1.82, 2.24) is 4.98 Å². The molecule has 0 spiro atoms. The summed E-state index contributed by atoms with van der Waals surface area (Å²) >= 11 is 0. The standard InChI is InChI=1S/C14H8N2O4/c17-12-7-13(9-3-2-6-15-8-9)20-14-10(12)4-1-5-11(14)16(18)19/h1-8H. The number of hydrogen-bond donors (Lipinski definition) is 0. The van der Waals surface area contributed by atoms with Crippen LogP contribution in [0.1, 0.15) is 0 Å². The van der Waals surface area contributed by atoms with E-state index in [0.717, 1.165) is 0 Å². The van der Waals surface area contributed by atoms with Crippen LogP contribution in [0.4, 0.5) is 5.69 Å². The van der Waals surface area contributed by atoms with Gasteiger partial charge in [-0.05, 0) is 18.2 Å². The molecular formula is C14H8N2O4. The van der Waals surface area contributed by atoms with Crippen LogP contribution < -0.4 is 5.43 Å². The normalized spacial score (nSPS) is 10.6. The number of rotatable bonds is 2. The molecule has 98 valence electrons. The maximum Gasteiger partial charge on any atom is 0.312 e. The van der Waals surface area contributed by atoms with Crippen molar-refractivity contribution in [3.63, 3.8) is 0 Å². The summed E-state index contributed by atoms with van der Waals surface area (Å²) in [7, 11) is 0. The minimum Gasteiger partial charge on any atom is -0.448 e. The predicted molar refractivity (Wildman–Crippen MR) is 72.4 cm³/mol. The number of non-ortho nitro benzene ring substituents is 1. The molecule has 2 heterocycles. The molecule has 6 heteroatoms. The molecular weight excluding hydrogens is 260 g/mol. The fourth-order valence-electron chi connectivity index (χ4n) is 1.96. The number of fused-ring (bicyclic) bond motifs is 1. The molecule has 0 amide bonds. The average Bonchev–Trinajstić information content (AvgIpc) is 2.47. The Labute approximate surface area is 112 Å². The van der Waals surface area contributed by atoms with Crippen molar-refractivity contribution in [2.75, 3.05) is 0 Å². The van der Waals surface area contributed by atoms with E-state index < -0.39 is 4.92 Å². The van der Waals surface area contributed by atoms with Gasteiger partial charge in [-0.25, -0.2) is 0 Å². The molecule has 0 aliphatic carbocycles. The first-order valence-corrected chi connectivity index (χ1v) is 5.78. The summed E-state index contributed by atoms with van der Waals surface area (Å²) in [5, 5.41) is 11.2. The lowest BCUT2D eigenvalue weighted by molar-refractivity contribution is -0.383. The van der Waals surface area contributed by atoms with Gasteiger partial charge in [-0.15, -0.1) is 0 Å². The van der Waals surface area contributed by atoms with Gasteiger partial charge >= 0.3 is 5.69 Å². The van der Waals surface area contributed by atoms with Crippen molar-refractivity contribution in [3.8, 4) is 11.3 Å². The molecule has 0 unspecified atom stereocenters. The third-order valence-corrected chi connectivity index (χ3v) is 2.88. The second-order valence-corrected chi connectivity index (χ2v) is 4.13. The van der Waals surface area contributed by atoms with Crippen LogP contribution in [-0.2, 0) is 0 Å². The van der Waals surface area contributed by atoms with Gasteiger partial charge in [-0.1, -0.05) is 6.07 Å². The highest BCUT2D eigenvalue weighted by atomic mass is 16.6. The summed E-state index contributed by atoms with van der Waals surface area (Å²) in [5.74, 6) is 0.255. The SMILES string of the molecule is O=c1cc(-c2cccnc2)oc2c([N+](=O)[O-])cccc12. The molecule has 0 bridgehead atoms. The van der Waals surface area contributed by atoms with Gasteiger partial charge in [0.05, 0.1) is 10.3 Å². The topological polar surface area (TPSA) is 86.2 Å². The molecule has 2 aromatic heterocycles. The lowest BCUT2D eigenvalue weighted by Crippen LogP contribution is -2.02. The Hall–Kier alpha value is -3.02. The maximum atomic E-state index is 12.0. The van der Waals surface area contributed by atoms with E-state index >= 15 is 0 Å². The molecule has 0 aliphatic heterocycles. The number of para-hydroxylation sites is 1. The van der Waals surface area contributed by atoms with E-state index in [2.05, 4.69) is 4.98 Å². The number of pyridine rings is 1. The fraction of sp³-hybridized carbons (Fsp3) is 0. The molecule has 0 saturated carbocycles. The number of nitro groups is 1. The summed E-state index contributed by atoms with van der Waals surface area (Å²) in [5.41, 5.74) is 0.00708. The molecule has 6 nitrogen and oxygen atoms in total. The molecule has 20 heavy (non-hydrogen) atoms. The van der Waals surface area contributed by atoms with Gasteiger partial charge in [-0.2, -0.15) is 0 Å². The molecule has 0 N–H and O–H groups in total. The van der Waals surface area contributed by atoms with Gasteiger partial charge in [0.25, 0.3) is 0 Å². The molecule has 0 saturated heterocycles. The van der Waals surface area contributed by atoms with Gasteiger partial charge in [0.2, 0.25) is 5.58 Å². The Morgan fingerprint density at radius 2 is 2.05 bits per heavy atom. The number of benzene rings is 1. The molecule has 3 aromatic rings. The van der Waals surface area contributed by atoms with E-state index in [9.17, 15) is 14.9 Å². The molecule has 0 fully saturated rings.